The van der Waals surface area contributed by atoms with E-state index in [4.69, 9.17) is 52.1 Å². The zero-order valence-corrected chi connectivity index (χ0v) is 42.9. The molecule has 22 heteroatoms. The largest absolute Gasteiger partial charge is 0.457 e. The van der Waals surface area contributed by atoms with E-state index in [1.807, 2.05) is 0 Å². The zero-order chi connectivity index (χ0) is 51.7. The Kier molecular flexibility index (Phi) is 20.1. The lowest BCUT2D eigenvalue weighted by atomic mass is 9.79. The molecule has 0 aromatic rings. The first-order valence-electron chi connectivity index (χ1n) is 23.2. The maximum Gasteiger partial charge on any atom is 0.408 e. The molecule has 2 saturated heterocycles. The van der Waals surface area contributed by atoms with Gasteiger partial charge in [0.1, 0.15) is 40.7 Å². The van der Waals surface area contributed by atoms with E-state index < -0.39 is 144 Å². The molecule has 0 aromatic heterocycles. The van der Waals surface area contributed by atoms with Crippen molar-refractivity contribution in [3.63, 3.8) is 0 Å². The summed E-state index contributed by atoms with van der Waals surface area (Å²) in [5.74, 6) is -2.90. The lowest BCUT2D eigenvalue weighted by Gasteiger charge is -2.50. The molecule has 1 saturated carbocycles. The van der Waals surface area contributed by atoms with Crippen LogP contribution in [-0.2, 0) is 66.5 Å². The van der Waals surface area contributed by atoms with Crippen LogP contribution in [0.15, 0.2) is 0 Å². The second kappa shape index (κ2) is 23.8. The highest BCUT2D eigenvalue weighted by atomic mass is 16.7. The van der Waals surface area contributed by atoms with E-state index in [9.17, 15) is 33.6 Å². The Hall–Kier alpha value is -4.67. The molecule has 6 unspecified atom stereocenters. The summed E-state index contributed by atoms with van der Waals surface area (Å²) in [4.78, 5) is 91.4. The Bertz CT molecular complexity index is 1750. The number of alkyl carbamates (subject to hydrolysis) is 4. The standard InChI is InChI=1S/C46H78N4O18/c1-18-30-34(58-24(3)51)31(50-42(57)68-46(15,16)17)35(59-25(4)52)38(62-30)63-32-23(2)21-29(49-41(56)67-45(12,13)14)33(36(32)60-26(5)53)64-37-28(48-40(55)66-44(9,10)11)20-19-27(61-37)22-47-39(54)65-43(6,7)8/h23,27-38H,18-22H2,1-17H3,(H,47,54)(H,48,55)(H,49,56)(H,50,57)/t23-,27?,28?,29+,30?,31+,32-,33?,34+,35?,36?,37+,38+/m1/s1. The summed E-state index contributed by atoms with van der Waals surface area (Å²) in [5.41, 5.74) is -3.51. The molecule has 3 fully saturated rings. The van der Waals surface area contributed by atoms with Crippen LogP contribution in [0, 0.1) is 5.92 Å². The van der Waals surface area contributed by atoms with Crippen LogP contribution in [-0.4, -0.2) is 145 Å². The number of hydrogen-bond donors (Lipinski definition) is 4. The fourth-order valence-electron chi connectivity index (χ4n) is 7.89. The highest BCUT2D eigenvalue weighted by Crippen LogP contribution is 2.38. The average molecular weight is 975 g/mol. The summed E-state index contributed by atoms with van der Waals surface area (Å²) in [6.07, 6.45) is -13.4. The monoisotopic (exact) mass is 975 g/mol. The molecule has 22 nitrogen and oxygen atoms in total. The molecule has 4 amide bonds. The number of ether oxygens (including phenoxy) is 11. The van der Waals surface area contributed by atoms with Gasteiger partial charge in [0.25, 0.3) is 0 Å². The fourth-order valence-corrected chi connectivity index (χ4v) is 7.89. The van der Waals surface area contributed by atoms with Crippen molar-refractivity contribution in [1.29, 1.82) is 0 Å². The number of hydrogen-bond acceptors (Lipinski definition) is 18. The SMILES string of the molecule is CCC1O[C@@H](O[C@H]2C(OC(C)=O)C(O[C@@H]3OC(CNC(=O)OC(C)(C)C)CCC3NC(=O)OC(C)(C)C)[C@@H](NC(=O)OC(C)(C)C)C[C@H]2C)C(OC(C)=O)[C@@H](NC(=O)OC(C)(C)C)[C@H]1OC(C)=O. The number of carbonyl (C=O) groups excluding carboxylic acids is 7. The molecule has 3 rings (SSSR count). The molecule has 4 N–H and O–H groups in total. The lowest BCUT2D eigenvalue weighted by molar-refractivity contribution is -0.320. The van der Waals surface area contributed by atoms with Crippen molar-refractivity contribution in [2.45, 2.75) is 239 Å². The minimum Gasteiger partial charge on any atom is -0.457 e. The van der Waals surface area contributed by atoms with E-state index in [2.05, 4.69) is 21.3 Å². The van der Waals surface area contributed by atoms with Crippen molar-refractivity contribution >= 4 is 42.3 Å². The molecule has 0 bridgehead atoms. The first kappa shape index (κ1) is 57.6. The number of carbonyl (C=O) groups is 7. The molecule has 1 aliphatic carbocycles. The van der Waals surface area contributed by atoms with Gasteiger partial charge in [-0.2, -0.15) is 0 Å². The van der Waals surface area contributed by atoms with Gasteiger partial charge in [-0.3, -0.25) is 14.4 Å². The summed E-state index contributed by atoms with van der Waals surface area (Å²) in [7, 11) is 0. The van der Waals surface area contributed by atoms with E-state index in [0.717, 1.165) is 6.92 Å². The first-order valence-corrected chi connectivity index (χ1v) is 23.2. The maximum absolute atomic E-state index is 13.5. The van der Waals surface area contributed by atoms with E-state index in [-0.39, 0.29) is 25.8 Å². The highest BCUT2D eigenvalue weighted by Gasteiger charge is 2.56. The van der Waals surface area contributed by atoms with Crippen LogP contribution in [0.4, 0.5) is 19.2 Å². The van der Waals surface area contributed by atoms with E-state index >= 15 is 0 Å². The third kappa shape index (κ3) is 19.4. The van der Waals surface area contributed by atoms with Gasteiger partial charge in [-0.15, -0.1) is 0 Å². The molecular formula is C46H78N4O18. The Morgan fingerprint density at radius 1 is 0.515 bits per heavy atom. The average Bonchev–Trinajstić information content (AvgIpc) is 3.13. The second-order valence-corrected chi connectivity index (χ2v) is 21.4. The van der Waals surface area contributed by atoms with Crippen LogP contribution in [0.5, 0.6) is 0 Å². The molecule has 0 spiro atoms. The first-order chi connectivity index (χ1) is 31.1. The zero-order valence-electron chi connectivity index (χ0n) is 42.9. The minimum atomic E-state index is -1.52. The van der Waals surface area contributed by atoms with Crippen molar-refractivity contribution in [3.05, 3.63) is 0 Å². The molecule has 2 heterocycles. The third-order valence-electron chi connectivity index (χ3n) is 10.2. The van der Waals surface area contributed by atoms with Gasteiger partial charge in [0.05, 0.1) is 24.3 Å². The minimum absolute atomic E-state index is 0.0175. The fraction of sp³-hybridized carbons (Fsp3) is 0.848. The van der Waals surface area contributed by atoms with Crippen molar-refractivity contribution in [3.8, 4) is 0 Å². The van der Waals surface area contributed by atoms with Crippen LogP contribution in [0.2, 0.25) is 0 Å². The molecule has 68 heavy (non-hydrogen) atoms. The Morgan fingerprint density at radius 3 is 1.44 bits per heavy atom. The smallest absolute Gasteiger partial charge is 0.408 e. The molecule has 390 valence electrons. The van der Waals surface area contributed by atoms with Crippen molar-refractivity contribution < 1.29 is 85.7 Å². The van der Waals surface area contributed by atoms with Gasteiger partial charge < -0.3 is 73.4 Å². The predicted molar refractivity (Wildman–Crippen MR) is 241 cm³/mol. The van der Waals surface area contributed by atoms with Gasteiger partial charge in [-0.1, -0.05) is 13.8 Å². The summed E-state index contributed by atoms with van der Waals surface area (Å²) in [6.45, 7) is 27.3. The van der Waals surface area contributed by atoms with Crippen molar-refractivity contribution in [2.24, 2.45) is 5.92 Å². The van der Waals surface area contributed by atoms with Gasteiger partial charge in [0.15, 0.2) is 30.9 Å². The third-order valence-corrected chi connectivity index (χ3v) is 10.2. The van der Waals surface area contributed by atoms with Crippen LogP contribution < -0.4 is 21.3 Å². The second-order valence-electron chi connectivity index (χ2n) is 21.4. The molecule has 3 aliphatic rings. The van der Waals surface area contributed by atoms with Gasteiger partial charge in [-0.25, -0.2) is 19.2 Å². The normalized spacial score (nSPS) is 30.0. The molecule has 0 radical (unpaired) electrons. The van der Waals surface area contributed by atoms with Gasteiger partial charge in [-0.05, 0) is 115 Å². The Morgan fingerprint density at radius 2 is 0.956 bits per heavy atom. The Labute approximate surface area is 400 Å². The predicted octanol–water partition coefficient (Wildman–Crippen LogP) is 5.44. The lowest BCUT2D eigenvalue weighted by Crippen LogP contribution is -2.68. The topological polar surface area (TPSA) is 269 Å². The van der Waals surface area contributed by atoms with Gasteiger partial charge >= 0.3 is 42.3 Å². The summed E-state index contributed by atoms with van der Waals surface area (Å²) in [6, 6.07) is -3.16. The number of esters is 3. The van der Waals surface area contributed by atoms with Crippen molar-refractivity contribution in [1.82, 2.24) is 21.3 Å². The van der Waals surface area contributed by atoms with Crippen LogP contribution in [0.3, 0.4) is 0 Å². The molecule has 2 aliphatic heterocycles. The summed E-state index contributed by atoms with van der Waals surface area (Å²) in [5, 5.41) is 11.1. The van der Waals surface area contributed by atoms with Gasteiger partial charge in [0.2, 0.25) is 0 Å². The molecule has 0 aromatic carbocycles. The number of rotatable bonds is 13. The van der Waals surface area contributed by atoms with E-state index in [0.29, 0.717) is 6.42 Å². The number of amides is 4. The molecule has 13 atom stereocenters. The molecular weight excluding hydrogens is 897 g/mol. The van der Waals surface area contributed by atoms with Crippen molar-refractivity contribution in [2.75, 3.05) is 6.54 Å². The summed E-state index contributed by atoms with van der Waals surface area (Å²) >= 11 is 0. The van der Waals surface area contributed by atoms with Gasteiger partial charge in [0, 0.05) is 27.3 Å². The summed E-state index contributed by atoms with van der Waals surface area (Å²) < 4.78 is 66.2. The maximum atomic E-state index is 13.5. The van der Waals surface area contributed by atoms with E-state index in [1.54, 1.807) is 96.9 Å². The van der Waals surface area contributed by atoms with Crippen LogP contribution in [0.25, 0.3) is 0 Å². The highest BCUT2D eigenvalue weighted by molar-refractivity contribution is 5.71. The number of nitrogens with one attached hydrogen (secondary N) is 4. The van der Waals surface area contributed by atoms with Crippen LogP contribution >= 0.6 is 0 Å². The quantitative estimate of drug-likeness (QED) is 0.132. The van der Waals surface area contributed by atoms with E-state index in [1.165, 1.54) is 13.8 Å². The Balaban J connectivity index is 2.18. The van der Waals surface area contributed by atoms with Crippen LogP contribution in [0.1, 0.15) is 143 Å².